The fourth-order valence-corrected chi connectivity index (χ4v) is 2.40. The van der Waals surface area contributed by atoms with E-state index in [1.165, 1.54) is 18.2 Å². The van der Waals surface area contributed by atoms with E-state index in [2.05, 4.69) is 5.32 Å². The van der Waals surface area contributed by atoms with Crippen molar-refractivity contribution in [1.82, 2.24) is 4.90 Å². The van der Waals surface area contributed by atoms with Gasteiger partial charge in [-0.3, -0.25) is 19.7 Å². The molecule has 0 radical (unpaired) electrons. The van der Waals surface area contributed by atoms with Gasteiger partial charge in [-0.05, 0) is 31.9 Å². The highest BCUT2D eigenvalue weighted by molar-refractivity contribution is 5.86. The molecule has 2 rings (SSSR count). The molecule has 1 atom stereocenters. The van der Waals surface area contributed by atoms with Crippen molar-refractivity contribution >= 4 is 23.6 Å². The van der Waals surface area contributed by atoms with E-state index in [1.807, 2.05) is 0 Å². The summed E-state index contributed by atoms with van der Waals surface area (Å²) in [6.07, 6.45) is 2.54. The number of nitrogens with zero attached hydrogens (tertiary/aromatic N) is 2. The molecule has 1 fully saturated rings. The van der Waals surface area contributed by atoms with Gasteiger partial charge in [-0.15, -0.1) is 0 Å². The second kappa shape index (κ2) is 6.34. The highest BCUT2D eigenvalue weighted by atomic mass is 16.6. The van der Waals surface area contributed by atoms with Crippen LogP contribution >= 0.6 is 0 Å². The van der Waals surface area contributed by atoms with Crippen LogP contribution in [0, 0.1) is 10.1 Å². The summed E-state index contributed by atoms with van der Waals surface area (Å²) in [6.45, 7) is 3.14. The molecular weight excluding hydrogens is 274 g/mol. The Morgan fingerprint density at radius 1 is 1.43 bits per heavy atom. The number of nitro groups is 1. The quantitative estimate of drug-likeness (QED) is 0.507. The van der Waals surface area contributed by atoms with Crippen LogP contribution in [-0.2, 0) is 4.79 Å². The molecule has 112 valence electrons. The molecule has 7 heteroatoms. The third-order valence-electron chi connectivity index (χ3n) is 3.51. The monoisotopic (exact) mass is 291 g/mol. The fraction of sp³-hybridized carbons (Fsp3) is 0.429. The average Bonchev–Trinajstić information content (AvgIpc) is 3.00. The average molecular weight is 291 g/mol. The molecule has 0 aromatic heterocycles. The van der Waals surface area contributed by atoms with E-state index < -0.39 is 11.0 Å². The molecule has 1 aromatic carbocycles. The number of benzene rings is 1. The van der Waals surface area contributed by atoms with E-state index in [-0.39, 0.29) is 22.8 Å². The Morgan fingerprint density at radius 3 is 2.67 bits per heavy atom. The van der Waals surface area contributed by atoms with E-state index in [1.54, 1.807) is 11.8 Å². The number of likely N-dealkylation sites (tertiary alicyclic amines) is 1. The second-order valence-corrected chi connectivity index (χ2v) is 5.05. The minimum Gasteiger partial charge on any atom is -0.368 e. The molecule has 0 aliphatic carbocycles. The maximum absolute atomic E-state index is 12.2. The lowest BCUT2D eigenvalue weighted by Gasteiger charge is -2.21. The zero-order chi connectivity index (χ0) is 15.4. The van der Waals surface area contributed by atoms with Crippen molar-refractivity contribution in [3.05, 3.63) is 33.9 Å². The summed E-state index contributed by atoms with van der Waals surface area (Å²) in [5.74, 6) is -0.0683. The lowest BCUT2D eigenvalue weighted by atomic mass is 10.1. The van der Waals surface area contributed by atoms with Gasteiger partial charge < -0.3 is 10.2 Å². The molecule has 1 aliphatic heterocycles. The van der Waals surface area contributed by atoms with E-state index in [4.69, 9.17) is 0 Å². The van der Waals surface area contributed by atoms with Gasteiger partial charge in [0.05, 0.1) is 4.92 Å². The normalized spacial score (nSPS) is 15.6. The Bertz CT molecular complexity index is 567. The number of rotatable bonds is 5. The van der Waals surface area contributed by atoms with Crippen LogP contribution < -0.4 is 5.32 Å². The Morgan fingerprint density at radius 2 is 2.10 bits per heavy atom. The van der Waals surface area contributed by atoms with Gasteiger partial charge >= 0.3 is 0 Å². The van der Waals surface area contributed by atoms with Gasteiger partial charge in [0.15, 0.2) is 0 Å². The zero-order valence-electron chi connectivity index (χ0n) is 11.7. The lowest BCUT2D eigenvalue weighted by molar-refractivity contribution is -0.384. The fourth-order valence-electron chi connectivity index (χ4n) is 2.40. The third kappa shape index (κ3) is 3.36. The van der Waals surface area contributed by atoms with Crippen molar-refractivity contribution in [2.45, 2.75) is 25.8 Å². The number of aldehydes is 1. The predicted octanol–water partition coefficient (Wildman–Crippen LogP) is 1.83. The van der Waals surface area contributed by atoms with Crippen molar-refractivity contribution in [2.24, 2.45) is 0 Å². The number of anilines is 1. The molecule has 0 saturated carbocycles. The van der Waals surface area contributed by atoms with Crippen LogP contribution in [0.15, 0.2) is 18.2 Å². The number of amides is 1. The predicted molar refractivity (Wildman–Crippen MR) is 77.4 cm³/mol. The standard InChI is InChI=1S/C14H17N3O4/c1-10(14(19)16-6-2-3-7-16)15-12-5-4-11(9-18)8-13(12)17(20)21/h4-5,8-10,15H,2-3,6-7H2,1H3. The Labute approximate surface area is 122 Å². The van der Waals surface area contributed by atoms with E-state index in [0.717, 1.165) is 25.9 Å². The maximum Gasteiger partial charge on any atom is 0.293 e. The van der Waals surface area contributed by atoms with Crippen molar-refractivity contribution in [2.75, 3.05) is 18.4 Å². The first kappa shape index (κ1) is 15.0. The summed E-state index contributed by atoms with van der Waals surface area (Å²) in [5.41, 5.74) is 0.261. The molecule has 0 spiro atoms. The Kier molecular flexibility index (Phi) is 4.52. The largest absolute Gasteiger partial charge is 0.368 e. The van der Waals surface area contributed by atoms with Crippen LogP contribution in [0.3, 0.4) is 0 Å². The smallest absolute Gasteiger partial charge is 0.293 e. The topological polar surface area (TPSA) is 92.5 Å². The molecule has 1 heterocycles. The van der Waals surface area contributed by atoms with Gasteiger partial charge in [0, 0.05) is 24.7 Å². The van der Waals surface area contributed by atoms with Gasteiger partial charge in [0.25, 0.3) is 5.69 Å². The SMILES string of the molecule is CC(Nc1ccc(C=O)cc1[N+](=O)[O-])C(=O)N1CCCC1. The molecule has 1 aromatic rings. The molecule has 0 bridgehead atoms. The van der Waals surface area contributed by atoms with Crippen LogP contribution in [0.2, 0.25) is 0 Å². The summed E-state index contributed by atoms with van der Waals surface area (Å²) >= 11 is 0. The first-order chi connectivity index (χ1) is 10.0. The summed E-state index contributed by atoms with van der Waals surface area (Å²) in [7, 11) is 0. The third-order valence-corrected chi connectivity index (χ3v) is 3.51. The van der Waals surface area contributed by atoms with Crippen LogP contribution in [0.5, 0.6) is 0 Å². The van der Waals surface area contributed by atoms with Crippen LogP contribution in [0.4, 0.5) is 11.4 Å². The van der Waals surface area contributed by atoms with Gasteiger partial charge in [0.2, 0.25) is 5.91 Å². The van der Waals surface area contributed by atoms with Crippen LogP contribution in [-0.4, -0.2) is 41.1 Å². The summed E-state index contributed by atoms with van der Waals surface area (Å²) in [5, 5.41) is 13.9. The van der Waals surface area contributed by atoms with Crippen molar-refractivity contribution in [3.63, 3.8) is 0 Å². The summed E-state index contributed by atoms with van der Waals surface area (Å²) in [6, 6.07) is 3.58. The van der Waals surface area contributed by atoms with Gasteiger partial charge in [-0.1, -0.05) is 0 Å². The molecular formula is C14H17N3O4. The maximum atomic E-state index is 12.2. The number of hydrogen-bond acceptors (Lipinski definition) is 5. The zero-order valence-corrected chi connectivity index (χ0v) is 11.7. The molecule has 1 saturated heterocycles. The highest BCUT2D eigenvalue weighted by Gasteiger charge is 2.25. The lowest BCUT2D eigenvalue weighted by Crippen LogP contribution is -2.39. The first-order valence-electron chi connectivity index (χ1n) is 6.82. The number of carbonyl (C=O) groups excluding carboxylic acids is 2. The number of nitro benzene ring substituents is 1. The Balaban J connectivity index is 2.16. The van der Waals surface area contributed by atoms with Gasteiger partial charge in [0.1, 0.15) is 18.0 Å². The van der Waals surface area contributed by atoms with Crippen molar-refractivity contribution in [1.29, 1.82) is 0 Å². The van der Waals surface area contributed by atoms with Crippen LogP contribution in [0.25, 0.3) is 0 Å². The number of carbonyl (C=O) groups is 2. The molecule has 1 unspecified atom stereocenters. The second-order valence-electron chi connectivity index (χ2n) is 5.05. The Hall–Kier alpha value is -2.44. The van der Waals surface area contributed by atoms with Crippen LogP contribution in [0.1, 0.15) is 30.1 Å². The minimum absolute atomic E-state index is 0.0683. The molecule has 7 nitrogen and oxygen atoms in total. The number of nitrogens with one attached hydrogen (secondary N) is 1. The highest BCUT2D eigenvalue weighted by Crippen LogP contribution is 2.26. The first-order valence-corrected chi connectivity index (χ1v) is 6.82. The summed E-state index contributed by atoms with van der Waals surface area (Å²) in [4.78, 5) is 35.1. The van der Waals surface area contributed by atoms with E-state index >= 15 is 0 Å². The molecule has 1 amide bonds. The van der Waals surface area contributed by atoms with Crippen molar-refractivity contribution in [3.8, 4) is 0 Å². The van der Waals surface area contributed by atoms with Gasteiger partial charge in [-0.2, -0.15) is 0 Å². The number of hydrogen-bond donors (Lipinski definition) is 1. The van der Waals surface area contributed by atoms with Gasteiger partial charge in [-0.25, -0.2) is 0 Å². The minimum atomic E-state index is -0.567. The molecule has 21 heavy (non-hydrogen) atoms. The van der Waals surface area contributed by atoms with Crippen molar-refractivity contribution < 1.29 is 14.5 Å². The molecule has 1 N–H and O–H groups in total. The summed E-state index contributed by atoms with van der Waals surface area (Å²) < 4.78 is 0. The van der Waals surface area contributed by atoms with E-state index in [9.17, 15) is 19.7 Å². The molecule has 1 aliphatic rings. The van der Waals surface area contributed by atoms with E-state index in [0.29, 0.717) is 6.29 Å².